The summed E-state index contributed by atoms with van der Waals surface area (Å²) in [5.41, 5.74) is 7.48. The van der Waals surface area contributed by atoms with Crippen LogP contribution in [0, 0.1) is 24.4 Å². The van der Waals surface area contributed by atoms with Crippen LogP contribution >= 0.6 is 0 Å². The molecular weight excluding hydrogens is 239 g/mol. The first-order valence-corrected chi connectivity index (χ1v) is 5.45. The van der Waals surface area contributed by atoms with E-state index in [9.17, 15) is 13.2 Å². The second-order valence-electron chi connectivity index (χ2n) is 4.18. The van der Waals surface area contributed by atoms with Crippen molar-refractivity contribution < 1.29 is 13.2 Å². The molecule has 2 rings (SSSR count). The topological polar surface area (TPSA) is 26.0 Å². The largest absolute Gasteiger partial charge is 0.320 e. The lowest BCUT2D eigenvalue weighted by Gasteiger charge is -2.14. The molecule has 2 aromatic rings. The SMILES string of the molecule is Cc1ccc(C(N)c2cc(F)c(F)cc2F)cc1. The van der Waals surface area contributed by atoms with Crippen molar-refractivity contribution in [3.63, 3.8) is 0 Å². The summed E-state index contributed by atoms with van der Waals surface area (Å²) in [5, 5.41) is 0. The van der Waals surface area contributed by atoms with Gasteiger partial charge in [0.1, 0.15) is 5.82 Å². The monoisotopic (exact) mass is 251 g/mol. The predicted molar refractivity (Wildman–Crippen MR) is 63.5 cm³/mol. The summed E-state index contributed by atoms with van der Waals surface area (Å²) >= 11 is 0. The van der Waals surface area contributed by atoms with E-state index in [0.717, 1.165) is 11.6 Å². The van der Waals surface area contributed by atoms with Crippen molar-refractivity contribution in [2.45, 2.75) is 13.0 Å². The van der Waals surface area contributed by atoms with Crippen molar-refractivity contribution in [1.82, 2.24) is 0 Å². The lowest BCUT2D eigenvalue weighted by Crippen LogP contribution is -2.14. The Labute approximate surface area is 103 Å². The first-order valence-electron chi connectivity index (χ1n) is 5.45. The normalized spacial score (nSPS) is 12.5. The Hall–Kier alpha value is -1.81. The van der Waals surface area contributed by atoms with Crippen LogP contribution < -0.4 is 5.73 Å². The van der Waals surface area contributed by atoms with Crippen LogP contribution in [0.25, 0.3) is 0 Å². The third-order valence-corrected chi connectivity index (χ3v) is 2.81. The number of nitrogens with two attached hydrogens (primary N) is 1. The van der Waals surface area contributed by atoms with Crippen LogP contribution in [0.5, 0.6) is 0 Å². The summed E-state index contributed by atoms with van der Waals surface area (Å²) in [5.74, 6) is -3.16. The van der Waals surface area contributed by atoms with Gasteiger partial charge in [-0.25, -0.2) is 13.2 Å². The molecule has 1 atom stereocenters. The zero-order chi connectivity index (χ0) is 13.3. The minimum atomic E-state index is -1.22. The molecule has 0 fully saturated rings. The molecule has 0 radical (unpaired) electrons. The van der Waals surface area contributed by atoms with Crippen molar-refractivity contribution in [2.75, 3.05) is 0 Å². The molecule has 0 saturated heterocycles. The van der Waals surface area contributed by atoms with Crippen LogP contribution in [0.2, 0.25) is 0 Å². The zero-order valence-corrected chi connectivity index (χ0v) is 9.75. The van der Waals surface area contributed by atoms with Gasteiger partial charge in [0.25, 0.3) is 0 Å². The third kappa shape index (κ3) is 2.38. The van der Waals surface area contributed by atoms with E-state index < -0.39 is 23.5 Å². The van der Waals surface area contributed by atoms with Gasteiger partial charge in [0.05, 0.1) is 6.04 Å². The van der Waals surface area contributed by atoms with E-state index in [1.807, 2.05) is 19.1 Å². The molecule has 1 nitrogen and oxygen atoms in total. The number of hydrogen-bond acceptors (Lipinski definition) is 1. The van der Waals surface area contributed by atoms with Gasteiger partial charge in [0.15, 0.2) is 11.6 Å². The molecule has 0 saturated carbocycles. The first kappa shape index (κ1) is 12.6. The lowest BCUT2D eigenvalue weighted by molar-refractivity contribution is 0.487. The van der Waals surface area contributed by atoms with Crippen molar-refractivity contribution in [2.24, 2.45) is 5.73 Å². The Balaban J connectivity index is 2.42. The van der Waals surface area contributed by atoms with E-state index in [4.69, 9.17) is 5.73 Å². The van der Waals surface area contributed by atoms with Gasteiger partial charge in [-0.05, 0) is 18.6 Å². The molecule has 94 valence electrons. The van der Waals surface area contributed by atoms with Gasteiger partial charge in [-0.3, -0.25) is 0 Å². The quantitative estimate of drug-likeness (QED) is 0.813. The number of aryl methyl sites for hydroxylation is 1. The molecule has 0 bridgehead atoms. The van der Waals surface area contributed by atoms with Crippen LogP contribution in [0.15, 0.2) is 36.4 Å². The van der Waals surface area contributed by atoms with Gasteiger partial charge in [0.2, 0.25) is 0 Å². The number of rotatable bonds is 2. The van der Waals surface area contributed by atoms with Gasteiger partial charge < -0.3 is 5.73 Å². The molecule has 0 aliphatic heterocycles. The van der Waals surface area contributed by atoms with Crippen LogP contribution in [0.3, 0.4) is 0 Å². The average Bonchev–Trinajstić information content (AvgIpc) is 2.34. The Morgan fingerprint density at radius 2 is 1.44 bits per heavy atom. The Kier molecular flexibility index (Phi) is 3.39. The molecule has 2 aromatic carbocycles. The summed E-state index contributed by atoms with van der Waals surface area (Å²) in [4.78, 5) is 0. The molecule has 0 amide bonds. The summed E-state index contributed by atoms with van der Waals surface area (Å²) < 4.78 is 39.5. The van der Waals surface area contributed by atoms with Crippen LogP contribution in [0.4, 0.5) is 13.2 Å². The average molecular weight is 251 g/mol. The lowest BCUT2D eigenvalue weighted by atomic mass is 9.98. The van der Waals surface area contributed by atoms with E-state index >= 15 is 0 Å². The van der Waals surface area contributed by atoms with E-state index in [1.165, 1.54) is 0 Å². The molecule has 0 aromatic heterocycles. The zero-order valence-electron chi connectivity index (χ0n) is 9.75. The minimum Gasteiger partial charge on any atom is -0.320 e. The highest BCUT2D eigenvalue weighted by Crippen LogP contribution is 2.24. The van der Waals surface area contributed by atoms with E-state index in [-0.39, 0.29) is 5.56 Å². The van der Waals surface area contributed by atoms with Crippen molar-refractivity contribution in [3.05, 3.63) is 70.5 Å². The van der Waals surface area contributed by atoms with Crippen LogP contribution in [0.1, 0.15) is 22.7 Å². The molecule has 0 aliphatic rings. The van der Waals surface area contributed by atoms with Crippen LogP contribution in [-0.4, -0.2) is 0 Å². The highest BCUT2D eigenvalue weighted by Gasteiger charge is 2.17. The summed E-state index contributed by atoms with van der Waals surface area (Å²) in [7, 11) is 0. The standard InChI is InChI=1S/C14H12F3N/c1-8-2-4-9(5-3-8)14(18)10-6-12(16)13(17)7-11(10)15/h2-7,14H,18H2,1H3. The summed E-state index contributed by atoms with van der Waals surface area (Å²) in [6.45, 7) is 1.91. The Bertz CT molecular complexity index is 564. The van der Waals surface area contributed by atoms with Crippen molar-refractivity contribution in [1.29, 1.82) is 0 Å². The molecule has 1 unspecified atom stereocenters. The number of benzene rings is 2. The fourth-order valence-corrected chi connectivity index (χ4v) is 1.73. The second kappa shape index (κ2) is 4.82. The van der Waals surface area contributed by atoms with Crippen molar-refractivity contribution >= 4 is 0 Å². The van der Waals surface area contributed by atoms with Crippen LogP contribution in [-0.2, 0) is 0 Å². The van der Waals surface area contributed by atoms with Gasteiger partial charge >= 0.3 is 0 Å². The number of hydrogen-bond donors (Lipinski definition) is 1. The highest BCUT2D eigenvalue weighted by atomic mass is 19.2. The molecule has 18 heavy (non-hydrogen) atoms. The molecular formula is C14H12F3N. The van der Waals surface area contributed by atoms with E-state index in [2.05, 4.69) is 0 Å². The maximum Gasteiger partial charge on any atom is 0.161 e. The minimum absolute atomic E-state index is 0.0576. The molecule has 4 heteroatoms. The fourth-order valence-electron chi connectivity index (χ4n) is 1.73. The van der Waals surface area contributed by atoms with E-state index in [1.54, 1.807) is 12.1 Å². The molecule has 0 spiro atoms. The Morgan fingerprint density at radius 3 is 2.06 bits per heavy atom. The summed E-state index contributed by atoms with van der Waals surface area (Å²) in [6, 6.07) is 7.62. The maximum absolute atomic E-state index is 13.6. The fraction of sp³-hybridized carbons (Fsp3) is 0.143. The van der Waals surface area contributed by atoms with Gasteiger partial charge in [-0.15, -0.1) is 0 Å². The molecule has 2 N–H and O–H groups in total. The van der Waals surface area contributed by atoms with Crippen molar-refractivity contribution in [3.8, 4) is 0 Å². The van der Waals surface area contributed by atoms with Gasteiger partial charge in [0, 0.05) is 11.6 Å². The number of halogens is 3. The summed E-state index contributed by atoms with van der Waals surface area (Å²) in [6.07, 6.45) is 0. The van der Waals surface area contributed by atoms with E-state index in [0.29, 0.717) is 11.6 Å². The van der Waals surface area contributed by atoms with Gasteiger partial charge in [-0.1, -0.05) is 29.8 Å². The highest BCUT2D eigenvalue weighted by molar-refractivity contribution is 5.34. The maximum atomic E-state index is 13.6. The first-order chi connectivity index (χ1) is 8.49. The predicted octanol–water partition coefficient (Wildman–Crippen LogP) is 3.46. The molecule has 0 heterocycles. The van der Waals surface area contributed by atoms with Gasteiger partial charge in [-0.2, -0.15) is 0 Å². The third-order valence-electron chi connectivity index (χ3n) is 2.81. The Morgan fingerprint density at radius 1 is 0.889 bits per heavy atom. The molecule has 0 aliphatic carbocycles. The smallest absolute Gasteiger partial charge is 0.161 e. The second-order valence-corrected chi connectivity index (χ2v) is 4.18.